The van der Waals surface area contributed by atoms with Crippen molar-refractivity contribution in [2.45, 2.75) is 12.5 Å². The Morgan fingerprint density at radius 2 is 1.70 bits per heavy atom. The number of hydrogen-bond acceptors (Lipinski definition) is 4. The van der Waals surface area contributed by atoms with Gasteiger partial charge in [0, 0.05) is 13.0 Å². The average Bonchev–Trinajstić information content (AvgIpc) is 3.07. The lowest BCUT2D eigenvalue weighted by molar-refractivity contribution is -0.908. The largest absolute Gasteiger partial charge is 0.450 e. The van der Waals surface area contributed by atoms with E-state index in [2.05, 4.69) is 0 Å². The van der Waals surface area contributed by atoms with E-state index >= 15 is 0 Å². The summed E-state index contributed by atoms with van der Waals surface area (Å²) in [5.41, 5.74) is 1.74. The molecule has 3 aromatic rings. The molecular weight excluding hydrogens is 380 g/mol. The molecule has 0 bridgehead atoms. The molecule has 6 heteroatoms. The fourth-order valence-electron chi connectivity index (χ4n) is 4.59. The van der Waals surface area contributed by atoms with Crippen LogP contribution in [0.15, 0.2) is 63.8 Å². The molecule has 0 saturated carbocycles. The van der Waals surface area contributed by atoms with E-state index in [1.54, 1.807) is 12.1 Å². The van der Waals surface area contributed by atoms with E-state index < -0.39 is 6.04 Å². The van der Waals surface area contributed by atoms with E-state index in [-0.39, 0.29) is 17.1 Å². The molecule has 1 aromatic heterocycles. The summed E-state index contributed by atoms with van der Waals surface area (Å²) in [6, 6.07) is 16.5. The van der Waals surface area contributed by atoms with Crippen LogP contribution in [0, 0.1) is 0 Å². The normalized spacial score (nSPS) is 19.4. The molecule has 3 heterocycles. The highest BCUT2D eigenvalue weighted by Crippen LogP contribution is 2.37. The van der Waals surface area contributed by atoms with Crippen molar-refractivity contribution in [3.8, 4) is 0 Å². The summed E-state index contributed by atoms with van der Waals surface area (Å²) in [6.07, 6.45) is 0.867. The number of nitrogens with one attached hydrogen (secondary N) is 1. The van der Waals surface area contributed by atoms with Crippen LogP contribution in [0.2, 0.25) is 0 Å². The van der Waals surface area contributed by atoms with Crippen molar-refractivity contribution in [3.63, 3.8) is 0 Å². The minimum Gasteiger partial charge on any atom is -0.450 e. The summed E-state index contributed by atoms with van der Waals surface area (Å²) < 4.78 is 11.4. The zero-order chi connectivity index (χ0) is 20.5. The number of rotatable bonds is 5. The van der Waals surface area contributed by atoms with Gasteiger partial charge in [-0.15, -0.1) is 0 Å². The van der Waals surface area contributed by atoms with Gasteiger partial charge in [-0.25, -0.2) is 0 Å². The summed E-state index contributed by atoms with van der Waals surface area (Å²) in [7, 11) is 0. The highest BCUT2D eigenvalue weighted by atomic mass is 16.5. The Kier molecular flexibility index (Phi) is 5.11. The molecule has 2 aromatic carbocycles. The Labute approximate surface area is 174 Å². The molecule has 154 valence electrons. The van der Waals surface area contributed by atoms with Crippen LogP contribution in [-0.2, 0) is 4.74 Å². The number of fused-ring (bicyclic) bond motifs is 2. The number of carbonyl (C=O) groups excluding carboxylic acids is 1. The smallest absolute Gasteiger partial charge is 0.290 e. The lowest BCUT2D eigenvalue weighted by atomic mass is 9.98. The van der Waals surface area contributed by atoms with Crippen molar-refractivity contribution >= 4 is 16.9 Å². The average molecular weight is 405 g/mol. The van der Waals surface area contributed by atoms with Gasteiger partial charge < -0.3 is 19.0 Å². The topological polar surface area (TPSA) is 64.2 Å². The molecule has 1 saturated heterocycles. The molecule has 2 aliphatic rings. The maximum atomic E-state index is 13.4. The molecule has 2 aliphatic heterocycles. The molecular formula is C24H25N2O4+. The molecule has 30 heavy (non-hydrogen) atoms. The van der Waals surface area contributed by atoms with Crippen molar-refractivity contribution in [2.75, 3.05) is 39.4 Å². The van der Waals surface area contributed by atoms with Gasteiger partial charge in [0.1, 0.15) is 18.7 Å². The molecule has 0 spiro atoms. The van der Waals surface area contributed by atoms with Gasteiger partial charge in [-0.1, -0.05) is 42.5 Å². The van der Waals surface area contributed by atoms with Crippen LogP contribution in [0.1, 0.15) is 34.1 Å². The summed E-state index contributed by atoms with van der Waals surface area (Å²) in [5, 5.41) is 0.518. The third-order valence-electron chi connectivity index (χ3n) is 6.12. The summed E-state index contributed by atoms with van der Waals surface area (Å²) in [4.78, 5) is 30.0. The molecule has 1 N–H and O–H groups in total. The number of para-hydroxylation sites is 1. The summed E-state index contributed by atoms with van der Waals surface area (Å²) in [5.74, 6) is -0.00930. The van der Waals surface area contributed by atoms with Crippen LogP contribution < -0.4 is 10.3 Å². The number of carbonyl (C=O) groups is 1. The first kappa shape index (κ1) is 19.0. The van der Waals surface area contributed by atoms with Crippen LogP contribution in [0.4, 0.5) is 0 Å². The second-order valence-corrected chi connectivity index (χ2v) is 7.95. The van der Waals surface area contributed by atoms with E-state index in [4.69, 9.17) is 9.15 Å². The quantitative estimate of drug-likeness (QED) is 0.701. The molecule has 5 rings (SSSR count). The standard InChI is InChI=1S/C24H24N2O4/c27-22-18-9-4-5-10-19(18)30-23-20(22)21(17-7-2-1-3-8-17)26(24(23)28)12-6-11-25-13-15-29-16-14-25/h1-5,7-10,21H,6,11-16H2/p+1/t21-/m0/s1. The van der Waals surface area contributed by atoms with Gasteiger partial charge >= 0.3 is 0 Å². The first-order valence-corrected chi connectivity index (χ1v) is 10.6. The second-order valence-electron chi connectivity index (χ2n) is 7.95. The van der Waals surface area contributed by atoms with Gasteiger partial charge in [-0.3, -0.25) is 9.59 Å². The number of ether oxygens (including phenoxy) is 1. The Hall–Kier alpha value is -2.96. The summed E-state index contributed by atoms with van der Waals surface area (Å²) >= 11 is 0. The van der Waals surface area contributed by atoms with Gasteiger partial charge in [-0.2, -0.15) is 0 Å². The SMILES string of the molecule is O=C1c2oc3ccccc3c(=O)c2[C@H](c2ccccc2)N1CCC[NH+]1CCOCC1. The Morgan fingerprint density at radius 3 is 2.50 bits per heavy atom. The van der Waals surface area contributed by atoms with E-state index in [1.165, 1.54) is 4.90 Å². The fraction of sp³-hybridized carbons (Fsp3) is 0.333. The van der Waals surface area contributed by atoms with Crippen molar-refractivity contribution in [2.24, 2.45) is 0 Å². The highest BCUT2D eigenvalue weighted by molar-refractivity contribution is 5.99. The number of hydrogen-bond donors (Lipinski definition) is 1. The minimum atomic E-state index is -0.408. The maximum Gasteiger partial charge on any atom is 0.290 e. The molecule has 0 aliphatic carbocycles. The molecule has 1 amide bonds. The number of nitrogens with zero attached hydrogens (tertiary/aromatic N) is 1. The molecule has 0 radical (unpaired) electrons. The van der Waals surface area contributed by atoms with Crippen LogP contribution in [0.25, 0.3) is 11.0 Å². The van der Waals surface area contributed by atoms with Gasteiger partial charge in [-0.05, 0) is 17.7 Å². The third kappa shape index (κ3) is 3.32. The fourth-order valence-corrected chi connectivity index (χ4v) is 4.59. The van der Waals surface area contributed by atoms with Crippen molar-refractivity contribution in [3.05, 3.63) is 81.7 Å². The van der Waals surface area contributed by atoms with E-state index in [0.717, 1.165) is 44.8 Å². The van der Waals surface area contributed by atoms with Gasteiger partial charge in [0.05, 0.1) is 36.8 Å². The zero-order valence-electron chi connectivity index (χ0n) is 16.8. The van der Waals surface area contributed by atoms with Crippen LogP contribution in [-0.4, -0.2) is 50.2 Å². The van der Waals surface area contributed by atoms with E-state index in [0.29, 0.717) is 23.1 Å². The van der Waals surface area contributed by atoms with Crippen LogP contribution >= 0.6 is 0 Å². The number of amides is 1. The molecule has 1 fully saturated rings. The Bertz CT molecular complexity index is 1120. The lowest BCUT2D eigenvalue weighted by Gasteiger charge is -2.27. The van der Waals surface area contributed by atoms with E-state index in [9.17, 15) is 9.59 Å². The number of quaternary nitrogens is 1. The maximum absolute atomic E-state index is 13.4. The number of morpholine rings is 1. The highest BCUT2D eigenvalue weighted by Gasteiger charge is 2.42. The molecule has 1 atom stereocenters. The van der Waals surface area contributed by atoms with Crippen LogP contribution in [0.5, 0.6) is 0 Å². The first-order valence-electron chi connectivity index (χ1n) is 10.6. The van der Waals surface area contributed by atoms with Crippen LogP contribution in [0.3, 0.4) is 0 Å². The zero-order valence-corrected chi connectivity index (χ0v) is 16.8. The minimum absolute atomic E-state index is 0.115. The second kappa shape index (κ2) is 8.05. The predicted molar refractivity (Wildman–Crippen MR) is 113 cm³/mol. The number of benzene rings is 2. The first-order chi connectivity index (χ1) is 14.7. The van der Waals surface area contributed by atoms with Crippen molar-refractivity contribution in [1.82, 2.24) is 4.90 Å². The molecule has 0 unspecified atom stereocenters. The molecule has 6 nitrogen and oxygen atoms in total. The summed E-state index contributed by atoms with van der Waals surface area (Å²) in [6.45, 7) is 5.16. The van der Waals surface area contributed by atoms with Gasteiger partial charge in [0.25, 0.3) is 5.91 Å². The monoisotopic (exact) mass is 405 g/mol. The predicted octanol–water partition coefficient (Wildman–Crippen LogP) is 1.64. The van der Waals surface area contributed by atoms with Crippen molar-refractivity contribution in [1.29, 1.82) is 0 Å². The Morgan fingerprint density at radius 1 is 0.967 bits per heavy atom. The van der Waals surface area contributed by atoms with E-state index in [1.807, 2.05) is 47.4 Å². The van der Waals surface area contributed by atoms with Gasteiger partial charge in [0.15, 0.2) is 5.43 Å². The van der Waals surface area contributed by atoms with Gasteiger partial charge in [0.2, 0.25) is 5.76 Å². The Balaban J connectivity index is 1.51. The van der Waals surface area contributed by atoms with Crippen molar-refractivity contribution < 1.29 is 18.8 Å². The third-order valence-corrected chi connectivity index (χ3v) is 6.12. The lowest BCUT2D eigenvalue weighted by Crippen LogP contribution is -3.14.